The highest BCUT2D eigenvalue weighted by Gasteiger charge is 2.23. The molecule has 0 amide bonds. The van der Waals surface area contributed by atoms with Gasteiger partial charge in [-0.2, -0.15) is 0 Å². The van der Waals surface area contributed by atoms with Gasteiger partial charge in [-0.25, -0.2) is 0 Å². The molecule has 0 aromatic heterocycles. The Hall–Kier alpha value is 0.0100. The molecule has 0 saturated heterocycles. The summed E-state index contributed by atoms with van der Waals surface area (Å²) < 4.78 is 5.61. The summed E-state index contributed by atoms with van der Waals surface area (Å²) in [6, 6.07) is 0. The number of ether oxygens (including phenoxy) is 1. The van der Waals surface area contributed by atoms with Crippen molar-refractivity contribution in [1.82, 2.24) is 0 Å². The molecule has 0 aromatic carbocycles. The standard InChI is InChI=1S/C10H14O.C2H6.HI/c1-7-3-4-10-9(5-7)6-8(2)11-10;1-2;/h3-4,7-8H,5-6H2,1-2H3;1-2H3;1H. The zero-order valence-corrected chi connectivity index (χ0v) is 11.9. The lowest BCUT2D eigenvalue weighted by atomic mass is 9.93. The zero-order valence-electron chi connectivity index (χ0n) is 9.54. The van der Waals surface area contributed by atoms with E-state index < -0.39 is 0 Å². The van der Waals surface area contributed by atoms with Crippen molar-refractivity contribution in [3.05, 3.63) is 23.5 Å². The van der Waals surface area contributed by atoms with Crippen LogP contribution in [0.4, 0.5) is 0 Å². The van der Waals surface area contributed by atoms with Gasteiger partial charge in [0.2, 0.25) is 0 Å². The van der Waals surface area contributed by atoms with Crippen LogP contribution in [0.1, 0.15) is 40.5 Å². The molecule has 1 heterocycles. The van der Waals surface area contributed by atoms with Crippen LogP contribution in [0.2, 0.25) is 0 Å². The molecule has 0 spiro atoms. The molecule has 0 bridgehead atoms. The molecule has 82 valence electrons. The Bertz CT molecular complexity index is 230. The van der Waals surface area contributed by atoms with Crippen molar-refractivity contribution in [2.24, 2.45) is 5.92 Å². The maximum Gasteiger partial charge on any atom is 0.118 e. The quantitative estimate of drug-likeness (QED) is 0.607. The summed E-state index contributed by atoms with van der Waals surface area (Å²) in [5.41, 5.74) is 1.52. The van der Waals surface area contributed by atoms with Crippen LogP contribution in [0.3, 0.4) is 0 Å². The van der Waals surface area contributed by atoms with E-state index in [1.807, 2.05) is 13.8 Å². The molecule has 1 nitrogen and oxygen atoms in total. The van der Waals surface area contributed by atoms with Crippen LogP contribution < -0.4 is 0 Å². The first-order valence-corrected chi connectivity index (χ1v) is 5.32. The number of hydrogen-bond acceptors (Lipinski definition) is 1. The summed E-state index contributed by atoms with van der Waals surface area (Å²) in [5.74, 6) is 1.86. The van der Waals surface area contributed by atoms with E-state index in [0.717, 1.165) is 12.2 Å². The molecule has 0 saturated carbocycles. The summed E-state index contributed by atoms with van der Waals surface area (Å²) >= 11 is 0. The lowest BCUT2D eigenvalue weighted by Gasteiger charge is -2.11. The van der Waals surface area contributed by atoms with Gasteiger partial charge in [-0.15, -0.1) is 24.0 Å². The van der Waals surface area contributed by atoms with Gasteiger partial charge in [-0.3, -0.25) is 0 Å². The topological polar surface area (TPSA) is 9.23 Å². The predicted octanol–water partition coefficient (Wildman–Crippen LogP) is 4.29. The van der Waals surface area contributed by atoms with E-state index in [4.69, 9.17) is 4.74 Å². The van der Waals surface area contributed by atoms with Gasteiger partial charge in [-0.1, -0.05) is 26.8 Å². The molecule has 2 aliphatic rings. The van der Waals surface area contributed by atoms with Crippen LogP contribution in [0.25, 0.3) is 0 Å². The van der Waals surface area contributed by atoms with Crippen LogP contribution in [0, 0.1) is 5.92 Å². The second kappa shape index (κ2) is 6.49. The molecule has 0 fully saturated rings. The molecule has 14 heavy (non-hydrogen) atoms. The smallest absolute Gasteiger partial charge is 0.118 e. The van der Waals surface area contributed by atoms with Crippen molar-refractivity contribution in [3.63, 3.8) is 0 Å². The molecular formula is C12H21IO. The van der Waals surface area contributed by atoms with Gasteiger partial charge in [0, 0.05) is 6.42 Å². The van der Waals surface area contributed by atoms with Crippen LogP contribution in [0.15, 0.2) is 23.5 Å². The molecule has 0 radical (unpaired) electrons. The van der Waals surface area contributed by atoms with E-state index >= 15 is 0 Å². The Labute approximate surface area is 105 Å². The maximum atomic E-state index is 5.61. The molecule has 2 unspecified atom stereocenters. The molecule has 2 atom stereocenters. The van der Waals surface area contributed by atoms with Crippen LogP contribution in [0.5, 0.6) is 0 Å². The van der Waals surface area contributed by atoms with Crippen molar-refractivity contribution < 1.29 is 4.74 Å². The first kappa shape index (κ1) is 14.0. The van der Waals surface area contributed by atoms with E-state index in [1.54, 1.807) is 0 Å². The van der Waals surface area contributed by atoms with Gasteiger partial charge in [0.15, 0.2) is 0 Å². The van der Waals surface area contributed by atoms with Crippen molar-refractivity contribution in [2.75, 3.05) is 0 Å². The fraction of sp³-hybridized carbons (Fsp3) is 0.667. The SMILES string of the molecule is CC.CC1C=CC2=C(C1)CC(C)O2.I. The Morgan fingerprint density at radius 1 is 1.21 bits per heavy atom. The summed E-state index contributed by atoms with van der Waals surface area (Å²) in [6.45, 7) is 8.39. The third-order valence-corrected chi connectivity index (χ3v) is 2.35. The lowest BCUT2D eigenvalue weighted by Crippen LogP contribution is -1.98. The molecule has 2 rings (SSSR count). The van der Waals surface area contributed by atoms with E-state index in [1.165, 1.54) is 12.0 Å². The second-order valence-corrected chi connectivity index (χ2v) is 3.64. The van der Waals surface area contributed by atoms with Crippen molar-refractivity contribution in [2.45, 2.75) is 46.6 Å². The highest BCUT2D eigenvalue weighted by molar-refractivity contribution is 14.0. The number of allylic oxidation sites excluding steroid dienone is 2. The number of halogens is 1. The first-order valence-electron chi connectivity index (χ1n) is 5.32. The summed E-state index contributed by atoms with van der Waals surface area (Å²) in [6.07, 6.45) is 7.12. The molecule has 0 N–H and O–H groups in total. The van der Waals surface area contributed by atoms with Gasteiger partial charge in [-0.05, 0) is 30.9 Å². The van der Waals surface area contributed by atoms with Crippen molar-refractivity contribution >= 4 is 24.0 Å². The molecular weight excluding hydrogens is 287 g/mol. The molecule has 2 heteroatoms. The Morgan fingerprint density at radius 3 is 2.50 bits per heavy atom. The van der Waals surface area contributed by atoms with Crippen molar-refractivity contribution in [3.8, 4) is 0 Å². The average Bonchev–Trinajstić information content (AvgIpc) is 2.48. The van der Waals surface area contributed by atoms with Crippen LogP contribution >= 0.6 is 24.0 Å². The van der Waals surface area contributed by atoms with E-state index in [2.05, 4.69) is 26.0 Å². The molecule has 0 aromatic rings. The summed E-state index contributed by atoms with van der Waals surface area (Å²) in [7, 11) is 0. The van der Waals surface area contributed by atoms with E-state index in [9.17, 15) is 0 Å². The third-order valence-electron chi connectivity index (χ3n) is 2.35. The third kappa shape index (κ3) is 3.30. The monoisotopic (exact) mass is 308 g/mol. The normalized spacial score (nSPS) is 28.3. The first-order chi connectivity index (χ1) is 6.25. The van der Waals surface area contributed by atoms with Crippen LogP contribution in [-0.4, -0.2) is 6.10 Å². The minimum atomic E-state index is 0. The fourth-order valence-corrected chi connectivity index (χ4v) is 1.84. The van der Waals surface area contributed by atoms with Gasteiger partial charge >= 0.3 is 0 Å². The summed E-state index contributed by atoms with van der Waals surface area (Å²) in [4.78, 5) is 0. The highest BCUT2D eigenvalue weighted by atomic mass is 127. The van der Waals surface area contributed by atoms with Gasteiger partial charge in [0.25, 0.3) is 0 Å². The highest BCUT2D eigenvalue weighted by Crippen LogP contribution is 2.34. The Balaban J connectivity index is 0.000000531. The molecule has 1 aliphatic carbocycles. The fourth-order valence-electron chi connectivity index (χ4n) is 1.84. The second-order valence-electron chi connectivity index (χ2n) is 3.64. The van der Waals surface area contributed by atoms with E-state index in [0.29, 0.717) is 12.0 Å². The minimum Gasteiger partial charge on any atom is -0.490 e. The largest absolute Gasteiger partial charge is 0.490 e. The Kier molecular flexibility index (Phi) is 6.49. The summed E-state index contributed by atoms with van der Waals surface area (Å²) in [5, 5.41) is 0. The predicted molar refractivity (Wildman–Crippen MR) is 71.9 cm³/mol. The number of rotatable bonds is 0. The maximum absolute atomic E-state index is 5.61. The Morgan fingerprint density at radius 2 is 1.86 bits per heavy atom. The lowest BCUT2D eigenvalue weighted by molar-refractivity contribution is 0.169. The van der Waals surface area contributed by atoms with Gasteiger partial charge < -0.3 is 4.74 Å². The van der Waals surface area contributed by atoms with Gasteiger partial charge in [0.1, 0.15) is 5.76 Å². The van der Waals surface area contributed by atoms with Crippen molar-refractivity contribution in [1.29, 1.82) is 0 Å². The van der Waals surface area contributed by atoms with Gasteiger partial charge in [0.05, 0.1) is 6.10 Å². The zero-order chi connectivity index (χ0) is 9.84. The van der Waals surface area contributed by atoms with Crippen LogP contribution in [-0.2, 0) is 4.74 Å². The number of hydrogen-bond donors (Lipinski definition) is 0. The average molecular weight is 308 g/mol. The van der Waals surface area contributed by atoms with E-state index in [-0.39, 0.29) is 24.0 Å². The molecule has 1 aliphatic heterocycles. The minimum absolute atomic E-state index is 0.